The van der Waals surface area contributed by atoms with Crippen LogP contribution in [0.3, 0.4) is 0 Å². The summed E-state index contributed by atoms with van der Waals surface area (Å²) in [6, 6.07) is 10.4. The van der Waals surface area contributed by atoms with Gasteiger partial charge in [0.15, 0.2) is 0 Å². The van der Waals surface area contributed by atoms with Crippen LogP contribution in [0.25, 0.3) is 16.7 Å². The molecule has 25 heavy (non-hydrogen) atoms. The molecule has 3 rings (SSSR count). The second-order valence-corrected chi connectivity index (χ2v) is 6.35. The van der Waals surface area contributed by atoms with E-state index in [1.807, 2.05) is 19.9 Å². The topological polar surface area (TPSA) is 86.9 Å². The van der Waals surface area contributed by atoms with Crippen LogP contribution in [0.15, 0.2) is 30.3 Å². The summed E-state index contributed by atoms with van der Waals surface area (Å²) in [5.74, 6) is 0.557. The monoisotopic (exact) mass is 336 g/mol. The minimum Gasteiger partial charge on any atom is -0.366 e. The van der Waals surface area contributed by atoms with Gasteiger partial charge in [-0.2, -0.15) is 0 Å². The van der Waals surface area contributed by atoms with E-state index in [-0.39, 0.29) is 0 Å². The van der Waals surface area contributed by atoms with Crippen molar-refractivity contribution in [3.8, 4) is 5.69 Å². The molecule has 0 unspecified atom stereocenters. The van der Waals surface area contributed by atoms with Gasteiger partial charge in [0.1, 0.15) is 5.82 Å². The third-order valence-electron chi connectivity index (χ3n) is 4.65. The van der Waals surface area contributed by atoms with Gasteiger partial charge in [-0.25, -0.2) is 4.98 Å². The van der Waals surface area contributed by atoms with Crippen LogP contribution in [-0.2, 0) is 12.8 Å². The number of hydrogen-bond donors (Lipinski definition) is 2. The average Bonchev–Trinajstić information content (AvgIpc) is 2.94. The normalized spacial score (nSPS) is 11.2. The van der Waals surface area contributed by atoms with Crippen molar-refractivity contribution in [1.82, 2.24) is 9.55 Å². The van der Waals surface area contributed by atoms with Crippen LogP contribution in [0.5, 0.6) is 0 Å². The maximum Gasteiger partial charge on any atom is 0.249 e. The number of carbonyl (C=O) groups is 1. The molecule has 0 fully saturated rings. The molecule has 1 amide bonds. The van der Waals surface area contributed by atoms with Gasteiger partial charge in [0.05, 0.1) is 11.0 Å². The Kier molecular flexibility index (Phi) is 4.59. The smallest absolute Gasteiger partial charge is 0.249 e. The number of nitrogens with zero attached hydrogens (tertiary/aromatic N) is 2. The highest BCUT2D eigenvalue weighted by Gasteiger charge is 2.19. The summed E-state index contributed by atoms with van der Waals surface area (Å²) in [4.78, 5) is 16.6. The van der Waals surface area contributed by atoms with Gasteiger partial charge in [-0.1, -0.05) is 19.1 Å². The van der Waals surface area contributed by atoms with Crippen LogP contribution in [0, 0.1) is 13.8 Å². The fourth-order valence-electron chi connectivity index (χ4n) is 3.46. The quantitative estimate of drug-likeness (QED) is 0.751. The Morgan fingerprint density at radius 3 is 2.44 bits per heavy atom. The number of benzene rings is 2. The van der Waals surface area contributed by atoms with Crippen LogP contribution >= 0.6 is 0 Å². The number of rotatable bonds is 5. The van der Waals surface area contributed by atoms with Gasteiger partial charge >= 0.3 is 0 Å². The van der Waals surface area contributed by atoms with Gasteiger partial charge < -0.3 is 11.5 Å². The lowest BCUT2D eigenvalue weighted by molar-refractivity contribution is 0.0999. The van der Waals surface area contributed by atoms with Crippen LogP contribution in [-0.4, -0.2) is 22.0 Å². The van der Waals surface area contributed by atoms with E-state index in [0.717, 1.165) is 46.5 Å². The fraction of sp³-hybridized carbons (Fsp3) is 0.300. The van der Waals surface area contributed by atoms with Crippen LogP contribution in [0.2, 0.25) is 0 Å². The SMILES string of the molecule is CCc1nc2c(C)c(C(N)=O)c(C)cc2n1-c1ccc(CCN)cc1. The number of aromatic nitrogens is 2. The third-order valence-corrected chi connectivity index (χ3v) is 4.65. The molecule has 0 aliphatic carbocycles. The summed E-state index contributed by atoms with van der Waals surface area (Å²) in [5.41, 5.74) is 17.6. The molecule has 1 aromatic heterocycles. The van der Waals surface area contributed by atoms with Gasteiger partial charge in [-0.3, -0.25) is 9.36 Å². The summed E-state index contributed by atoms with van der Waals surface area (Å²) >= 11 is 0. The molecule has 0 saturated carbocycles. The van der Waals surface area contributed by atoms with E-state index in [4.69, 9.17) is 16.5 Å². The van der Waals surface area contributed by atoms with E-state index in [2.05, 4.69) is 35.8 Å². The predicted molar refractivity (Wildman–Crippen MR) is 101 cm³/mol. The first kappa shape index (κ1) is 17.2. The van der Waals surface area contributed by atoms with Gasteiger partial charge in [0.2, 0.25) is 5.91 Å². The Bertz CT molecular complexity index is 939. The van der Waals surface area contributed by atoms with Crippen molar-refractivity contribution >= 4 is 16.9 Å². The summed E-state index contributed by atoms with van der Waals surface area (Å²) in [5, 5.41) is 0. The predicted octanol–water partition coefficient (Wildman–Crippen LogP) is 2.80. The number of fused-ring (bicyclic) bond motifs is 1. The molecule has 4 N–H and O–H groups in total. The summed E-state index contributed by atoms with van der Waals surface area (Å²) < 4.78 is 2.16. The van der Waals surface area contributed by atoms with Gasteiger partial charge in [0, 0.05) is 17.7 Å². The Labute approximate surface area is 147 Å². The second-order valence-electron chi connectivity index (χ2n) is 6.35. The second kappa shape index (κ2) is 6.69. The van der Waals surface area contributed by atoms with Crippen molar-refractivity contribution in [2.24, 2.45) is 11.5 Å². The van der Waals surface area contributed by atoms with Gasteiger partial charge in [-0.15, -0.1) is 0 Å². The lowest BCUT2D eigenvalue weighted by atomic mass is 10.0. The summed E-state index contributed by atoms with van der Waals surface area (Å²) in [6.45, 7) is 6.55. The number of carbonyl (C=O) groups excluding carboxylic acids is 1. The first-order valence-electron chi connectivity index (χ1n) is 8.58. The van der Waals surface area contributed by atoms with Crippen molar-refractivity contribution in [2.75, 3.05) is 6.54 Å². The highest BCUT2D eigenvalue weighted by molar-refractivity contribution is 6.01. The van der Waals surface area contributed by atoms with Crippen molar-refractivity contribution in [3.05, 3.63) is 58.4 Å². The molecule has 0 saturated heterocycles. The van der Waals surface area contributed by atoms with Gasteiger partial charge in [0.25, 0.3) is 0 Å². The number of amides is 1. The number of primary amides is 1. The first-order chi connectivity index (χ1) is 12.0. The number of nitrogens with two attached hydrogens (primary N) is 2. The highest BCUT2D eigenvalue weighted by Crippen LogP contribution is 2.28. The first-order valence-corrected chi connectivity index (χ1v) is 8.58. The van der Waals surface area contributed by atoms with Crippen molar-refractivity contribution in [3.63, 3.8) is 0 Å². The molecule has 3 aromatic rings. The van der Waals surface area contributed by atoms with E-state index >= 15 is 0 Å². The minimum absolute atomic E-state index is 0.407. The summed E-state index contributed by atoms with van der Waals surface area (Å²) in [7, 11) is 0. The lowest BCUT2D eigenvalue weighted by Gasteiger charge is -2.11. The molecule has 1 heterocycles. The van der Waals surface area contributed by atoms with Crippen molar-refractivity contribution < 1.29 is 4.79 Å². The van der Waals surface area contributed by atoms with Crippen molar-refractivity contribution in [1.29, 1.82) is 0 Å². The maximum absolute atomic E-state index is 11.8. The van der Waals surface area contributed by atoms with E-state index in [1.165, 1.54) is 5.56 Å². The number of aryl methyl sites for hydroxylation is 3. The van der Waals surface area contributed by atoms with E-state index < -0.39 is 5.91 Å². The summed E-state index contributed by atoms with van der Waals surface area (Å²) in [6.07, 6.45) is 1.66. The Hall–Kier alpha value is -2.66. The van der Waals surface area contributed by atoms with Gasteiger partial charge in [-0.05, 0) is 61.7 Å². The molecule has 2 aromatic carbocycles. The molecule has 130 valence electrons. The molecule has 0 radical (unpaired) electrons. The molecular formula is C20H24N4O. The molecule has 0 aliphatic rings. The van der Waals surface area contributed by atoms with E-state index in [0.29, 0.717) is 12.1 Å². The third kappa shape index (κ3) is 2.91. The van der Waals surface area contributed by atoms with E-state index in [9.17, 15) is 4.79 Å². The standard InChI is InChI=1S/C20H24N4O/c1-4-17-23-19-13(3)18(20(22)25)12(2)11-16(19)24(17)15-7-5-14(6-8-15)9-10-21/h5-8,11H,4,9-10,21H2,1-3H3,(H2,22,25). The largest absolute Gasteiger partial charge is 0.366 e. The Morgan fingerprint density at radius 2 is 1.88 bits per heavy atom. The van der Waals surface area contributed by atoms with Crippen LogP contribution < -0.4 is 11.5 Å². The fourth-order valence-corrected chi connectivity index (χ4v) is 3.46. The Balaban J connectivity index is 2.25. The molecule has 0 bridgehead atoms. The molecule has 0 spiro atoms. The highest BCUT2D eigenvalue weighted by atomic mass is 16.1. The zero-order valence-corrected chi connectivity index (χ0v) is 15.0. The average molecular weight is 336 g/mol. The van der Waals surface area contributed by atoms with Crippen LogP contribution in [0.1, 0.15) is 39.8 Å². The number of hydrogen-bond acceptors (Lipinski definition) is 3. The van der Waals surface area contributed by atoms with Crippen LogP contribution in [0.4, 0.5) is 0 Å². The molecule has 0 aliphatic heterocycles. The molecular weight excluding hydrogens is 312 g/mol. The zero-order valence-electron chi connectivity index (χ0n) is 15.0. The zero-order chi connectivity index (χ0) is 18.1. The number of imidazole rings is 1. The van der Waals surface area contributed by atoms with Crippen molar-refractivity contribution in [2.45, 2.75) is 33.6 Å². The lowest BCUT2D eigenvalue weighted by Crippen LogP contribution is -2.14. The molecule has 0 atom stereocenters. The molecule has 5 nitrogen and oxygen atoms in total. The Morgan fingerprint density at radius 1 is 1.20 bits per heavy atom. The minimum atomic E-state index is -0.407. The maximum atomic E-state index is 11.8. The molecule has 5 heteroatoms. The van der Waals surface area contributed by atoms with E-state index in [1.54, 1.807) is 0 Å².